The number of benzene rings is 2. The molecule has 1 saturated heterocycles. The highest BCUT2D eigenvalue weighted by atomic mass is 32.2. The highest BCUT2D eigenvalue weighted by molar-refractivity contribution is 7.81. The van der Waals surface area contributed by atoms with Gasteiger partial charge in [-0.3, -0.25) is 8.51 Å². The summed E-state index contributed by atoms with van der Waals surface area (Å²) in [5.41, 5.74) is 1.87. The van der Waals surface area contributed by atoms with E-state index in [1.807, 2.05) is 18.2 Å². The molecule has 0 radical (unpaired) electrons. The van der Waals surface area contributed by atoms with Gasteiger partial charge in [-0.2, -0.15) is 0 Å². The first-order valence-corrected chi connectivity index (χ1v) is 12.5. The van der Waals surface area contributed by atoms with Crippen molar-refractivity contribution in [1.29, 1.82) is 0 Å². The van der Waals surface area contributed by atoms with Gasteiger partial charge in [-0.25, -0.2) is 4.79 Å². The van der Waals surface area contributed by atoms with Gasteiger partial charge in [0, 0.05) is 19.0 Å². The van der Waals surface area contributed by atoms with E-state index < -0.39 is 17.2 Å². The summed E-state index contributed by atoms with van der Waals surface area (Å²) < 4.78 is 31.8. The van der Waals surface area contributed by atoms with Crippen LogP contribution < -0.4 is 14.4 Å². The molecule has 33 heavy (non-hydrogen) atoms. The molecule has 9 heteroatoms. The molecule has 176 valence electrons. The van der Waals surface area contributed by atoms with Crippen LogP contribution in [0.15, 0.2) is 36.4 Å². The molecule has 1 aliphatic carbocycles. The van der Waals surface area contributed by atoms with Crippen LogP contribution in [0.1, 0.15) is 41.6 Å². The molecule has 0 amide bonds. The van der Waals surface area contributed by atoms with Crippen molar-refractivity contribution in [3.63, 3.8) is 0 Å². The second-order valence-electron chi connectivity index (χ2n) is 9.05. The number of nitrogens with one attached hydrogen (secondary N) is 1. The minimum atomic E-state index is -2.74. The SMILES string of the molecule is CCN1CC[C@H](CNc2ccccc2N(c2ccc3c(c2C(=O)O)OCC2CC32)S(=O)[O-])C1. The van der Waals surface area contributed by atoms with Gasteiger partial charge in [0.15, 0.2) is 0 Å². The Hall–Kier alpha value is -2.62. The van der Waals surface area contributed by atoms with Gasteiger partial charge in [0.2, 0.25) is 0 Å². The summed E-state index contributed by atoms with van der Waals surface area (Å²) in [6.45, 7) is 6.44. The molecule has 0 aromatic heterocycles. The molecule has 2 heterocycles. The lowest BCUT2D eigenvalue weighted by Gasteiger charge is -2.31. The Labute approximate surface area is 196 Å². The Morgan fingerprint density at radius 1 is 1.30 bits per heavy atom. The zero-order valence-electron chi connectivity index (χ0n) is 18.5. The van der Waals surface area contributed by atoms with Gasteiger partial charge >= 0.3 is 5.97 Å². The van der Waals surface area contributed by atoms with Gasteiger partial charge in [-0.05, 0) is 61.5 Å². The zero-order valence-corrected chi connectivity index (χ0v) is 19.3. The number of carboxylic acids is 1. The average molecular weight is 471 g/mol. The standard InChI is InChI=1S/C24H29N3O5S/c1-2-26-10-9-15(13-26)12-25-19-5-3-4-6-20(19)27(33(30)31)21-8-7-17-18-11-16(18)14-32-23(17)22(21)24(28)29/h3-8,15-16,18,25H,2,9-14H2,1H3,(H,28,29)(H,30,31)/p-1/t15-,16?,18?/m1/s1. The van der Waals surface area contributed by atoms with Crippen LogP contribution in [0.3, 0.4) is 0 Å². The second-order valence-corrected chi connectivity index (χ2v) is 9.85. The van der Waals surface area contributed by atoms with Crippen molar-refractivity contribution < 1.29 is 23.4 Å². The molecular formula is C24H28N3O5S-. The Morgan fingerprint density at radius 3 is 2.85 bits per heavy atom. The van der Waals surface area contributed by atoms with Crippen LogP contribution >= 0.6 is 0 Å². The molecule has 1 saturated carbocycles. The van der Waals surface area contributed by atoms with Gasteiger partial charge in [-0.15, -0.1) is 0 Å². The van der Waals surface area contributed by atoms with Crippen LogP contribution in [0.5, 0.6) is 5.75 Å². The number of aromatic carboxylic acids is 1. The lowest BCUT2D eigenvalue weighted by atomic mass is 10.00. The van der Waals surface area contributed by atoms with E-state index in [0.29, 0.717) is 41.5 Å². The van der Waals surface area contributed by atoms with E-state index >= 15 is 0 Å². The Balaban J connectivity index is 1.49. The van der Waals surface area contributed by atoms with Crippen molar-refractivity contribution in [3.05, 3.63) is 47.5 Å². The summed E-state index contributed by atoms with van der Waals surface area (Å²) in [6.07, 6.45) is 2.07. The fourth-order valence-corrected chi connectivity index (χ4v) is 5.76. The summed E-state index contributed by atoms with van der Waals surface area (Å²) >= 11 is -2.74. The molecule has 0 bridgehead atoms. The normalized spacial score (nSPS) is 24.4. The molecule has 0 spiro atoms. The van der Waals surface area contributed by atoms with Crippen molar-refractivity contribution in [1.82, 2.24) is 4.90 Å². The van der Waals surface area contributed by atoms with Crippen LogP contribution in [-0.2, 0) is 11.3 Å². The summed E-state index contributed by atoms with van der Waals surface area (Å²) in [7, 11) is 0. The third-order valence-electron chi connectivity index (χ3n) is 7.03. The first kappa shape index (κ1) is 22.2. The van der Waals surface area contributed by atoms with E-state index in [-0.39, 0.29) is 11.3 Å². The Kier molecular flexibility index (Phi) is 6.03. The molecule has 2 N–H and O–H groups in total. The smallest absolute Gasteiger partial charge is 0.341 e. The van der Waals surface area contributed by atoms with E-state index in [0.717, 1.165) is 48.9 Å². The monoisotopic (exact) mass is 470 g/mol. The maximum atomic E-state index is 12.5. The van der Waals surface area contributed by atoms with Crippen LogP contribution in [0.2, 0.25) is 0 Å². The molecule has 3 unspecified atom stereocenters. The fraction of sp³-hybridized carbons (Fsp3) is 0.458. The molecule has 3 aliphatic rings. The number of hydrogen-bond donors (Lipinski definition) is 2. The lowest BCUT2D eigenvalue weighted by molar-refractivity contribution is 0.0692. The van der Waals surface area contributed by atoms with Gasteiger partial charge < -0.3 is 24.6 Å². The van der Waals surface area contributed by atoms with Gasteiger partial charge in [0.25, 0.3) is 0 Å². The summed E-state index contributed by atoms with van der Waals surface area (Å²) in [5, 5.41) is 13.4. The lowest BCUT2D eigenvalue weighted by Crippen LogP contribution is -2.26. The second kappa shape index (κ2) is 8.96. The van der Waals surface area contributed by atoms with E-state index in [1.54, 1.807) is 18.2 Å². The number of ether oxygens (including phenoxy) is 1. The van der Waals surface area contributed by atoms with Crippen LogP contribution in [0.25, 0.3) is 0 Å². The number of nitrogens with zero attached hydrogens (tertiary/aromatic N) is 2. The van der Waals surface area contributed by atoms with Gasteiger partial charge in [-0.1, -0.05) is 25.1 Å². The van der Waals surface area contributed by atoms with Gasteiger partial charge in [0.05, 0.1) is 34.9 Å². The van der Waals surface area contributed by atoms with Crippen molar-refractivity contribution in [2.75, 3.05) is 42.4 Å². The number of para-hydroxylation sites is 2. The number of likely N-dealkylation sites (tertiary alicyclic amines) is 1. The van der Waals surface area contributed by atoms with Crippen molar-refractivity contribution in [2.24, 2.45) is 11.8 Å². The van der Waals surface area contributed by atoms with Crippen molar-refractivity contribution in [2.45, 2.75) is 25.7 Å². The highest BCUT2D eigenvalue weighted by Gasteiger charge is 2.45. The van der Waals surface area contributed by atoms with E-state index in [9.17, 15) is 18.7 Å². The molecule has 2 fully saturated rings. The first-order valence-electron chi connectivity index (χ1n) is 11.5. The van der Waals surface area contributed by atoms with Gasteiger partial charge in [0.1, 0.15) is 11.3 Å². The third-order valence-corrected chi connectivity index (χ3v) is 7.72. The fourth-order valence-electron chi connectivity index (χ4n) is 5.13. The minimum absolute atomic E-state index is 0.0842. The maximum absolute atomic E-state index is 12.5. The number of carbonyl (C=O) groups is 1. The minimum Gasteiger partial charge on any atom is -0.755 e. The molecule has 5 rings (SSSR count). The van der Waals surface area contributed by atoms with E-state index in [2.05, 4.69) is 17.1 Å². The summed E-state index contributed by atoms with van der Waals surface area (Å²) in [6, 6.07) is 10.5. The Bertz CT molecular complexity index is 1090. The maximum Gasteiger partial charge on any atom is 0.341 e. The number of fused-ring (bicyclic) bond motifs is 3. The summed E-state index contributed by atoms with van der Waals surface area (Å²) in [5.74, 6) is 0.300. The number of anilines is 3. The van der Waals surface area contributed by atoms with E-state index in [1.165, 1.54) is 0 Å². The number of hydrogen-bond acceptors (Lipinski definition) is 6. The third kappa shape index (κ3) is 4.20. The quantitative estimate of drug-likeness (QED) is 0.568. The van der Waals surface area contributed by atoms with Crippen LogP contribution in [0, 0.1) is 11.8 Å². The topological polar surface area (TPSA) is 105 Å². The highest BCUT2D eigenvalue weighted by Crippen LogP contribution is 2.56. The average Bonchev–Trinajstić information content (AvgIpc) is 3.46. The first-order chi connectivity index (χ1) is 16.0. The van der Waals surface area contributed by atoms with Crippen LogP contribution in [0.4, 0.5) is 17.1 Å². The predicted molar refractivity (Wildman–Crippen MR) is 126 cm³/mol. The van der Waals surface area contributed by atoms with Crippen LogP contribution in [-0.4, -0.2) is 57.5 Å². The van der Waals surface area contributed by atoms with E-state index in [4.69, 9.17) is 4.74 Å². The molecular weight excluding hydrogens is 442 g/mol. The zero-order chi connectivity index (χ0) is 23.1. The molecule has 4 atom stereocenters. The molecule has 8 nitrogen and oxygen atoms in total. The number of rotatable bonds is 8. The Morgan fingerprint density at radius 2 is 2.12 bits per heavy atom. The molecule has 2 aliphatic heterocycles. The molecule has 2 aromatic carbocycles. The van der Waals surface area contributed by atoms with Crippen molar-refractivity contribution >= 4 is 34.3 Å². The molecule has 2 aromatic rings. The van der Waals surface area contributed by atoms with Crippen molar-refractivity contribution in [3.8, 4) is 5.75 Å². The summed E-state index contributed by atoms with van der Waals surface area (Å²) in [4.78, 5) is 14.7. The largest absolute Gasteiger partial charge is 0.755 e. The number of carboxylic acid groups (broad SMARTS) is 1. The predicted octanol–water partition coefficient (Wildman–Crippen LogP) is 3.57.